The number of oxazole rings is 1. The van der Waals surface area contributed by atoms with Crippen LogP contribution in [0.2, 0.25) is 0 Å². The molecule has 0 fully saturated rings. The Balaban J connectivity index is 1.43. The van der Waals surface area contributed by atoms with Crippen LogP contribution in [0.15, 0.2) is 53.1 Å². The van der Waals surface area contributed by atoms with Gasteiger partial charge in [0, 0.05) is 19.2 Å². The van der Waals surface area contributed by atoms with E-state index in [1.165, 1.54) is 0 Å². The maximum Gasteiger partial charge on any atom is 0.270 e. The number of nitrogens with one attached hydrogen (secondary N) is 1. The molecule has 0 atom stereocenters. The molecule has 0 spiro atoms. The minimum Gasteiger partial charge on any atom is -0.484 e. The molecule has 1 aliphatic rings. The molecule has 1 aliphatic heterocycles. The SMILES string of the molecule is O=C(c1ccc[nH]1)N1CCc2nc(COc3ccccc3)oc2C1. The van der Waals surface area contributed by atoms with E-state index in [0.717, 1.165) is 17.2 Å². The van der Waals surface area contributed by atoms with E-state index >= 15 is 0 Å². The summed E-state index contributed by atoms with van der Waals surface area (Å²) in [7, 11) is 0. The highest BCUT2D eigenvalue weighted by Gasteiger charge is 2.26. The van der Waals surface area contributed by atoms with Crippen LogP contribution in [0.3, 0.4) is 0 Å². The number of amides is 1. The fourth-order valence-electron chi connectivity index (χ4n) is 2.78. The van der Waals surface area contributed by atoms with Crippen LogP contribution in [0.4, 0.5) is 0 Å². The quantitative estimate of drug-likeness (QED) is 0.801. The number of aromatic nitrogens is 2. The highest BCUT2D eigenvalue weighted by atomic mass is 16.5. The van der Waals surface area contributed by atoms with E-state index in [0.29, 0.717) is 31.1 Å². The van der Waals surface area contributed by atoms with Crippen LogP contribution in [0.25, 0.3) is 0 Å². The molecule has 1 amide bonds. The summed E-state index contributed by atoms with van der Waals surface area (Å²) in [6.45, 7) is 1.35. The number of aromatic amines is 1. The van der Waals surface area contributed by atoms with Crippen molar-refractivity contribution in [1.29, 1.82) is 0 Å². The Morgan fingerprint density at radius 1 is 1.25 bits per heavy atom. The number of hydrogen-bond donors (Lipinski definition) is 1. The molecule has 4 rings (SSSR count). The summed E-state index contributed by atoms with van der Waals surface area (Å²) in [4.78, 5) is 21.6. The first-order valence-electron chi connectivity index (χ1n) is 7.87. The first-order chi connectivity index (χ1) is 11.8. The van der Waals surface area contributed by atoms with Gasteiger partial charge in [0.2, 0.25) is 5.89 Å². The summed E-state index contributed by atoms with van der Waals surface area (Å²) in [6, 6.07) is 13.1. The molecule has 2 aromatic heterocycles. The molecule has 1 aromatic carbocycles. The van der Waals surface area contributed by atoms with Crippen LogP contribution in [-0.2, 0) is 19.6 Å². The normalized spacial score (nSPS) is 13.6. The summed E-state index contributed by atoms with van der Waals surface area (Å²) in [6.07, 6.45) is 2.44. The molecule has 0 aliphatic carbocycles. The lowest BCUT2D eigenvalue weighted by atomic mass is 10.1. The number of carbonyl (C=O) groups excluding carboxylic acids is 1. The smallest absolute Gasteiger partial charge is 0.270 e. The molecule has 3 aromatic rings. The monoisotopic (exact) mass is 323 g/mol. The average molecular weight is 323 g/mol. The topological polar surface area (TPSA) is 71.4 Å². The van der Waals surface area contributed by atoms with Crippen molar-refractivity contribution in [3.63, 3.8) is 0 Å². The Bertz CT molecular complexity index is 825. The Morgan fingerprint density at radius 2 is 2.12 bits per heavy atom. The summed E-state index contributed by atoms with van der Waals surface area (Å²) < 4.78 is 11.4. The second kappa shape index (κ2) is 6.23. The van der Waals surface area contributed by atoms with Gasteiger partial charge in [0.05, 0.1) is 12.2 Å². The van der Waals surface area contributed by atoms with Gasteiger partial charge < -0.3 is 19.0 Å². The van der Waals surface area contributed by atoms with Gasteiger partial charge in [0.1, 0.15) is 17.2 Å². The molecular weight excluding hydrogens is 306 g/mol. The number of nitrogens with zero attached hydrogens (tertiary/aromatic N) is 2. The van der Waals surface area contributed by atoms with Gasteiger partial charge in [-0.3, -0.25) is 4.79 Å². The lowest BCUT2D eigenvalue weighted by molar-refractivity contribution is 0.0713. The fraction of sp³-hybridized carbons (Fsp3) is 0.222. The van der Waals surface area contributed by atoms with Crippen molar-refractivity contribution in [1.82, 2.24) is 14.9 Å². The van der Waals surface area contributed by atoms with Crippen molar-refractivity contribution in [2.75, 3.05) is 6.54 Å². The first-order valence-corrected chi connectivity index (χ1v) is 7.87. The standard InChI is InChI=1S/C18H17N3O3/c22-18(15-7-4-9-19-15)21-10-8-14-16(11-21)24-17(20-14)12-23-13-5-2-1-3-6-13/h1-7,9,19H,8,10-12H2. The molecule has 24 heavy (non-hydrogen) atoms. The maximum absolute atomic E-state index is 12.4. The zero-order valence-electron chi connectivity index (χ0n) is 13.1. The van der Waals surface area contributed by atoms with Crippen molar-refractivity contribution in [2.45, 2.75) is 19.6 Å². The predicted molar refractivity (Wildman–Crippen MR) is 86.5 cm³/mol. The van der Waals surface area contributed by atoms with Crippen molar-refractivity contribution in [3.8, 4) is 5.75 Å². The van der Waals surface area contributed by atoms with E-state index in [2.05, 4.69) is 9.97 Å². The van der Waals surface area contributed by atoms with Gasteiger partial charge in [-0.1, -0.05) is 18.2 Å². The Kier molecular flexibility index (Phi) is 3.78. The molecule has 6 heteroatoms. The summed E-state index contributed by atoms with van der Waals surface area (Å²) in [5.41, 5.74) is 1.50. The zero-order chi connectivity index (χ0) is 16.4. The van der Waals surface area contributed by atoms with Gasteiger partial charge in [0.25, 0.3) is 5.91 Å². The van der Waals surface area contributed by atoms with Crippen LogP contribution in [0.5, 0.6) is 5.75 Å². The zero-order valence-corrected chi connectivity index (χ0v) is 13.1. The summed E-state index contributed by atoms with van der Waals surface area (Å²) in [5.74, 6) is 2.03. The molecule has 0 saturated carbocycles. The largest absolute Gasteiger partial charge is 0.484 e. The minimum absolute atomic E-state index is 0.0239. The number of benzene rings is 1. The van der Waals surface area contributed by atoms with E-state index in [9.17, 15) is 4.79 Å². The molecule has 0 saturated heterocycles. The third-order valence-corrected chi connectivity index (χ3v) is 4.00. The third kappa shape index (κ3) is 2.90. The van der Waals surface area contributed by atoms with E-state index in [1.54, 1.807) is 17.2 Å². The van der Waals surface area contributed by atoms with Crippen LogP contribution in [0.1, 0.15) is 27.8 Å². The molecule has 1 N–H and O–H groups in total. The third-order valence-electron chi connectivity index (χ3n) is 4.00. The average Bonchev–Trinajstić information content (AvgIpc) is 3.29. The number of para-hydroxylation sites is 1. The number of fused-ring (bicyclic) bond motifs is 1. The van der Waals surface area contributed by atoms with E-state index in [4.69, 9.17) is 9.15 Å². The van der Waals surface area contributed by atoms with Crippen molar-refractivity contribution < 1.29 is 13.9 Å². The molecule has 3 heterocycles. The van der Waals surface area contributed by atoms with Crippen molar-refractivity contribution in [3.05, 3.63) is 71.7 Å². The number of carbonyl (C=O) groups is 1. The van der Waals surface area contributed by atoms with Crippen LogP contribution in [0, 0.1) is 0 Å². The van der Waals surface area contributed by atoms with Gasteiger partial charge in [-0.05, 0) is 24.3 Å². The van der Waals surface area contributed by atoms with Crippen LogP contribution >= 0.6 is 0 Å². The summed E-state index contributed by atoms with van der Waals surface area (Å²) in [5, 5.41) is 0. The second-order valence-electron chi connectivity index (χ2n) is 5.64. The van der Waals surface area contributed by atoms with Gasteiger partial charge in [-0.15, -0.1) is 0 Å². The Hall–Kier alpha value is -3.02. The van der Waals surface area contributed by atoms with E-state index in [1.807, 2.05) is 36.4 Å². The molecule has 6 nitrogen and oxygen atoms in total. The van der Waals surface area contributed by atoms with E-state index in [-0.39, 0.29) is 12.5 Å². The van der Waals surface area contributed by atoms with Crippen molar-refractivity contribution in [2.24, 2.45) is 0 Å². The van der Waals surface area contributed by atoms with Gasteiger partial charge in [0.15, 0.2) is 6.61 Å². The number of hydrogen-bond acceptors (Lipinski definition) is 4. The van der Waals surface area contributed by atoms with Gasteiger partial charge in [-0.2, -0.15) is 0 Å². The predicted octanol–water partition coefficient (Wildman–Crippen LogP) is 2.78. The Morgan fingerprint density at radius 3 is 2.92 bits per heavy atom. The van der Waals surface area contributed by atoms with Crippen LogP contribution in [-0.4, -0.2) is 27.3 Å². The number of ether oxygens (including phenoxy) is 1. The lowest BCUT2D eigenvalue weighted by Crippen LogP contribution is -2.35. The lowest BCUT2D eigenvalue weighted by Gasteiger charge is -2.24. The molecule has 122 valence electrons. The molecule has 0 bridgehead atoms. The molecule has 0 radical (unpaired) electrons. The van der Waals surface area contributed by atoms with Gasteiger partial charge >= 0.3 is 0 Å². The number of rotatable bonds is 4. The second-order valence-corrected chi connectivity index (χ2v) is 5.64. The maximum atomic E-state index is 12.4. The number of H-pyrrole nitrogens is 1. The highest BCUT2D eigenvalue weighted by molar-refractivity contribution is 5.92. The fourth-order valence-corrected chi connectivity index (χ4v) is 2.78. The van der Waals surface area contributed by atoms with Crippen LogP contribution < -0.4 is 4.74 Å². The summed E-state index contributed by atoms with van der Waals surface area (Å²) >= 11 is 0. The van der Waals surface area contributed by atoms with E-state index < -0.39 is 0 Å². The molecular formula is C18H17N3O3. The first kappa shape index (κ1) is 14.6. The van der Waals surface area contributed by atoms with Crippen molar-refractivity contribution >= 4 is 5.91 Å². The minimum atomic E-state index is -0.0239. The highest BCUT2D eigenvalue weighted by Crippen LogP contribution is 2.22. The Labute approximate surface area is 139 Å². The molecule has 0 unspecified atom stereocenters. The van der Waals surface area contributed by atoms with Gasteiger partial charge in [-0.25, -0.2) is 4.98 Å².